The largest absolute Gasteiger partial charge is 0.481 e. The third-order valence-electron chi connectivity index (χ3n) is 7.12. The number of carboxylic acids is 1. The number of hydrogen-bond acceptors (Lipinski definition) is 3. The van der Waals surface area contributed by atoms with Crippen molar-refractivity contribution in [2.75, 3.05) is 13.1 Å². The highest BCUT2D eigenvalue weighted by molar-refractivity contribution is 6.31. The molecule has 1 fully saturated rings. The number of fused-ring (bicyclic) bond motifs is 2. The van der Waals surface area contributed by atoms with Crippen LogP contribution in [0.25, 0.3) is 6.08 Å². The van der Waals surface area contributed by atoms with Crippen LogP contribution in [0.3, 0.4) is 0 Å². The average Bonchev–Trinajstić information content (AvgIpc) is 3.10. The molecule has 2 N–H and O–H groups in total. The average molecular weight is 508 g/mol. The van der Waals surface area contributed by atoms with Gasteiger partial charge in [0, 0.05) is 29.6 Å². The van der Waals surface area contributed by atoms with E-state index in [9.17, 15) is 33.0 Å². The fraction of sp³-hybridized carbons (Fsp3) is 0.385. The fourth-order valence-electron chi connectivity index (χ4n) is 5.50. The molecule has 2 aromatic carbocycles. The predicted octanol–water partition coefficient (Wildman–Crippen LogP) is 5.39. The molecule has 1 atom stereocenters. The van der Waals surface area contributed by atoms with Gasteiger partial charge in [-0.05, 0) is 71.7 Å². The summed E-state index contributed by atoms with van der Waals surface area (Å²) >= 11 is 6.54. The molecule has 0 aromatic heterocycles. The standard InChI is InChI=1S/C26H25ClF3NO4/c27-21-3-1-2-19-18(13-23(34)35)14-25(24(19)21)8-10-31(11-9-25)22(33)7-5-17-12-16(15-32)4-6-20(17)26(28,29)30/h1-7,12,18,32H,8-11,13-15H2,(H,34,35)/b7-5+. The summed E-state index contributed by atoms with van der Waals surface area (Å²) in [5, 5.41) is 19.2. The number of carboxylic acid groups (broad SMARTS) is 1. The minimum Gasteiger partial charge on any atom is -0.481 e. The van der Waals surface area contributed by atoms with Crippen molar-refractivity contribution in [1.29, 1.82) is 0 Å². The second-order valence-corrected chi connectivity index (χ2v) is 9.63. The quantitative estimate of drug-likeness (QED) is 0.532. The molecule has 1 aliphatic heterocycles. The minimum absolute atomic E-state index is 0.00885. The number of amides is 1. The molecule has 2 aromatic rings. The summed E-state index contributed by atoms with van der Waals surface area (Å²) in [6, 6.07) is 8.85. The van der Waals surface area contributed by atoms with E-state index >= 15 is 0 Å². The van der Waals surface area contributed by atoms with Gasteiger partial charge >= 0.3 is 12.1 Å². The molecule has 2 aliphatic rings. The first-order valence-electron chi connectivity index (χ1n) is 11.3. The molecule has 1 amide bonds. The molecular formula is C26H25ClF3NO4. The second kappa shape index (κ2) is 9.66. The van der Waals surface area contributed by atoms with Crippen LogP contribution in [0.1, 0.15) is 59.4 Å². The molecule has 1 heterocycles. The smallest absolute Gasteiger partial charge is 0.416 e. The Balaban J connectivity index is 1.51. The molecule has 4 rings (SSSR count). The van der Waals surface area contributed by atoms with Crippen LogP contribution in [0.5, 0.6) is 0 Å². The number of piperidine rings is 1. The van der Waals surface area contributed by atoms with Crippen molar-refractivity contribution < 1.29 is 33.0 Å². The van der Waals surface area contributed by atoms with Gasteiger partial charge in [0.1, 0.15) is 0 Å². The Morgan fingerprint density at radius 3 is 2.51 bits per heavy atom. The molecule has 0 radical (unpaired) electrons. The number of likely N-dealkylation sites (tertiary alicyclic amines) is 1. The third-order valence-corrected chi connectivity index (χ3v) is 7.43. The van der Waals surface area contributed by atoms with Gasteiger partial charge in [-0.2, -0.15) is 13.2 Å². The number of hydrogen-bond donors (Lipinski definition) is 2. The maximum Gasteiger partial charge on any atom is 0.416 e. The molecule has 186 valence electrons. The topological polar surface area (TPSA) is 77.8 Å². The van der Waals surface area contributed by atoms with Crippen LogP contribution in [0.15, 0.2) is 42.5 Å². The monoisotopic (exact) mass is 507 g/mol. The summed E-state index contributed by atoms with van der Waals surface area (Å²) in [5.74, 6) is -1.43. The highest BCUT2D eigenvalue weighted by Crippen LogP contribution is 2.55. The van der Waals surface area contributed by atoms with Crippen LogP contribution in [0, 0.1) is 0 Å². The van der Waals surface area contributed by atoms with Gasteiger partial charge in [0.2, 0.25) is 5.91 Å². The van der Waals surface area contributed by atoms with E-state index in [1.807, 2.05) is 12.1 Å². The van der Waals surface area contributed by atoms with E-state index in [0.717, 1.165) is 29.3 Å². The van der Waals surface area contributed by atoms with Gasteiger partial charge in [-0.1, -0.05) is 29.8 Å². The van der Waals surface area contributed by atoms with Gasteiger partial charge in [-0.3, -0.25) is 9.59 Å². The van der Waals surface area contributed by atoms with Crippen LogP contribution in [0.4, 0.5) is 13.2 Å². The van der Waals surface area contributed by atoms with Gasteiger partial charge in [0.25, 0.3) is 0 Å². The highest BCUT2D eigenvalue weighted by Gasteiger charge is 2.47. The number of aliphatic hydroxyl groups is 1. The summed E-state index contributed by atoms with van der Waals surface area (Å²) in [6.07, 6.45) is -0.490. The van der Waals surface area contributed by atoms with Crippen LogP contribution in [-0.4, -0.2) is 40.1 Å². The predicted molar refractivity (Wildman–Crippen MR) is 125 cm³/mol. The van der Waals surface area contributed by atoms with Crippen LogP contribution in [-0.2, 0) is 27.8 Å². The van der Waals surface area contributed by atoms with Crippen LogP contribution >= 0.6 is 11.6 Å². The fourth-order valence-corrected chi connectivity index (χ4v) is 5.88. The van der Waals surface area contributed by atoms with E-state index in [-0.39, 0.29) is 23.3 Å². The maximum atomic E-state index is 13.4. The lowest BCUT2D eigenvalue weighted by Crippen LogP contribution is -2.44. The van der Waals surface area contributed by atoms with E-state index in [1.165, 1.54) is 12.1 Å². The Morgan fingerprint density at radius 2 is 1.89 bits per heavy atom. The van der Waals surface area contributed by atoms with Gasteiger partial charge < -0.3 is 15.1 Å². The van der Waals surface area contributed by atoms with Crippen molar-refractivity contribution in [3.05, 3.63) is 75.3 Å². The molecule has 0 saturated carbocycles. The van der Waals surface area contributed by atoms with Gasteiger partial charge in [0.05, 0.1) is 18.6 Å². The van der Waals surface area contributed by atoms with Crippen molar-refractivity contribution in [2.45, 2.75) is 49.8 Å². The Kier molecular flexibility index (Phi) is 6.97. The number of aliphatic carboxylic acids is 1. The lowest BCUT2D eigenvalue weighted by Gasteiger charge is -2.40. The number of halogens is 4. The first kappa shape index (κ1) is 25.3. The number of rotatable bonds is 5. The van der Waals surface area contributed by atoms with E-state index in [2.05, 4.69) is 0 Å². The molecule has 1 unspecified atom stereocenters. The molecule has 1 spiro atoms. The molecule has 1 aliphatic carbocycles. The maximum absolute atomic E-state index is 13.4. The zero-order valence-corrected chi connectivity index (χ0v) is 19.6. The van der Waals surface area contributed by atoms with Gasteiger partial charge in [-0.25, -0.2) is 0 Å². The Bertz CT molecular complexity index is 1170. The first-order valence-corrected chi connectivity index (χ1v) is 11.7. The SMILES string of the molecule is O=C(O)CC1CC2(CCN(C(=O)/C=C/c3cc(CO)ccc3C(F)(F)F)CC2)c2c(Cl)cccc21. The summed E-state index contributed by atoms with van der Waals surface area (Å²) in [5.41, 5.74) is 0.844. The molecule has 0 bridgehead atoms. The van der Waals surface area contributed by atoms with Crippen molar-refractivity contribution in [3.8, 4) is 0 Å². The van der Waals surface area contributed by atoms with Crippen molar-refractivity contribution in [2.24, 2.45) is 0 Å². The Labute approximate surface area is 205 Å². The number of alkyl halides is 3. The normalized spacial score (nSPS) is 19.3. The van der Waals surface area contributed by atoms with E-state index in [4.69, 9.17) is 11.6 Å². The van der Waals surface area contributed by atoms with Crippen LogP contribution < -0.4 is 0 Å². The minimum atomic E-state index is -4.59. The van der Waals surface area contributed by atoms with Crippen molar-refractivity contribution in [3.63, 3.8) is 0 Å². The number of nitrogens with zero attached hydrogens (tertiary/aromatic N) is 1. The van der Waals surface area contributed by atoms with Gasteiger partial charge in [0.15, 0.2) is 0 Å². The number of carbonyl (C=O) groups is 2. The Morgan fingerprint density at radius 1 is 1.17 bits per heavy atom. The van der Waals surface area contributed by atoms with Crippen molar-refractivity contribution in [1.82, 2.24) is 4.90 Å². The summed E-state index contributed by atoms with van der Waals surface area (Å²) < 4.78 is 40.1. The summed E-state index contributed by atoms with van der Waals surface area (Å²) in [6.45, 7) is 0.362. The molecule has 1 saturated heterocycles. The number of aliphatic hydroxyl groups excluding tert-OH is 1. The van der Waals surface area contributed by atoms with Gasteiger partial charge in [-0.15, -0.1) is 0 Å². The lowest BCUT2D eigenvalue weighted by molar-refractivity contribution is -0.138. The molecule has 9 heteroatoms. The zero-order valence-electron chi connectivity index (χ0n) is 18.8. The molecule has 35 heavy (non-hydrogen) atoms. The third kappa shape index (κ3) is 5.09. The highest BCUT2D eigenvalue weighted by atomic mass is 35.5. The lowest BCUT2D eigenvalue weighted by atomic mass is 9.73. The van der Waals surface area contributed by atoms with E-state index in [1.54, 1.807) is 11.0 Å². The molecule has 5 nitrogen and oxygen atoms in total. The van der Waals surface area contributed by atoms with Crippen molar-refractivity contribution >= 4 is 29.6 Å². The van der Waals surface area contributed by atoms with Crippen LogP contribution in [0.2, 0.25) is 5.02 Å². The number of carbonyl (C=O) groups excluding carboxylic acids is 1. The van der Waals surface area contributed by atoms with E-state index < -0.39 is 30.2 Å². The number of benzene rings is 2. The summed E-state index contributed by atoms with van der Waals surface area (Å²) in [4.78, 5) is 25.8. The zero-order chi connectivity index (χ0) is 25.4. The first-order chi connectivity index (χ1) is 16.5. The second-order valence-electron chi connectivity index (χ2n) is 9.22. The Hall–Kier alpha value is -2.84. The van der Waals surface area contributed by atoms with E-state index in [0.29, 0.717) is 42.9 Å². The molecular weight excluding hydrogens is 483 g/mol. The summed E-state index contributed by atoms with van der Waals surface area (Å²) in [7, 11) is 0.